The van der Waals surface area contributed by atoms with Crippen molar-refractivity contribution in [3.05, 3.63) is 48.0 Å². The third-order valence-corrected chi connectivity index (χ3v) is 2.25. The van der Waals surface area contributed by atoms with Gasteiger partial charge in [-0.3, -0.25) is 9.97 Å². The number of benzene rings is 1. The highest BCUT2D eigenvalue weighted by Gasteiger charge is 2.07. The third kappa shape index (κ3) is 2.73. The van der Waals surface area contributed by atoms with Crippen molar-refractivity contribution in [3.8, 4) is 5.75 Å². The van der Waals surface area contributed by atoms with Gasteiger partial charge in [0, 0.05) is 12.4 Å². The molecule has 0 aliphatic heterocycles. The van der Waals surface area contributed by atoms with Crippen molar-refractivity contribution in [1.29, 1.82) is 0 Å². The van der Waals surface area contributed by atoms with E-state index in [2.05, 4.69) is 9.97 Å². The first-order valence-corrected chi connectivity index (χ1v) is 5.17. The van der Waals surface area contributed by atoms with Gasteiger partial charge in [-0.25, -0.2) is 4.79 Å². The number of carbonyl (C=O) groups is 1. The van der Waals surface area contributed by atoms with Crippen LogP contribution in [0.15, 0.2) is 36.8 Å². The predicted octanol–water partition coefficient (Wildman–Crippen LogP) is 1.34. The molecule has 0 unspecified atom stereocenters. The van der Waals surface area contributed by atoms with Crippen molar-refractivity contribution in [2.45, 2.75) is 6.61 Å². The van der Waals surface area contributed by atoms with Crippen LogP contribution in [0.4, 0.5) is 5.69 Å². The number of carboxylic acids is 1. The number of carboxylic acid groups (broad SMARTS) is 1. The van der Waals surface area contributed by atoms with Gasteiger partial charge in [-0.05, 0) is 18.2 Å². The first-order valence-electron chi connectivity index (χ1n) is 5.17. The number of aromatic nitrogens is 2. The molecule has 1 aromatic carbocycles. The second-order valence-corrected chi connectivity index (χ2v) is 3.54. The Labute approximate surface area is 103 Å². The highest BCUT2D eigenvalue weighted by molar-refractivity contribution is 5.89. The Morgan fingerprint density at radius 3 is 2.83 bits per heavy atom. The molecule has 0 aliphatic carbocycles. The normalized spacial score (nSPS) is 10.0. The molecule has 18 heavy (non-hydrogen) atoms. The number of nitrogens with zero attached hydrogens (tertiary/aromatic N) is 2. The highest BCUT2D eigenvalue weighted by Crippen LogP contribution is 2.23. The molecule has 6 heteroatoms. The second-order valence-electron chi connectivity index (χ2n) is 3.54. The van der Waals surface area contributed by atoms with Crippen molar-refractivity contribution < 1.29 is 14.6 Å². The van der Waals surface area contributed by atoms with E-state index in [-0.39, 0.29) is 17.9 Å². The molecule has 2 rings (SSSR count). The molecular weight excluding hydrogens is 234 g/mol. The van der Waals surface area contributed by atoms with Crippen LogP contribution in [0.1, 0.15) is 16.1 Å². The van der Waals surface area contributed by atoms with E-state index in [1.807, 2.05) is 0 Å². The number of aromatic carboxylic acids is 1. The molecule has 0 saturated carbocycles. The summed E-state index contributed by atoms with van der Waals surface area (Å²) >= 11 is 0. The quantitative estimate of drug-likeness (QED) is 0.788. The van der Waals surface area contributed by atoms with E-state index in [0.29, 0.717) is 11.4 Å². The zero-order valence-electron chi connectivity index (χ0n) is 9.41. The van der Waals surface area contributed by atoms with E-state index in [0.717, 1.165) is 0 Å². The fraction of sp³-hybridized carbons (Fsp3) is 0.0833. The van der Waals surface area contributed by atoms with Crippen molar-refractivity contribution >= 4 is 11.7 Å². The smallest absolute Gasteiger partial charge is 0.335 e. The lowest BCUT2D eigenvalue weighted by Gasteiger charge is -2.08. The van der Waals surface area contributed by atoms with Gasteiger partial charge < -0.3 is 15.6 Å². The molecule has 3 N–H and O–H groups in total. The number of nitrogen functional groups attached to an aromatic ring is 1. The van der Waals surface area contributed by atoms with Gasteiger partial charge in [0.15, 0.2) is 0 Å². The third-order valence-electron chi connectivity index (χ3n) is 2.25. The average molecular weight is 245 g/mol. The number of nitrogens with two attached hydrogens (primary N) is 1. The van der Waals surface area contributed by atoms with Crippen LogP contribution in [0.5, 0.6) is 5.75 Å². The fourth-order valence-corrected chi connectivity index (χ4v) is 1.37. The maximum Gasteiger partial charge on any atom is 0.335 e. The van der Waals surface area contributed by atoms with Crippen LogP contribution in [0.2, 0.25) is 0 Å². The summed E-state index contributed by atoms with van der Waals surface area (Å²) in [6.45, 7) is 0.227. The molecule has 0 radical (unpaired) electrons. The van der Waals surface area contributed by atoms with Gasteiger partial charge >= 0.3 is 5.97 Å². The molecule has 92 valence electrons. The van der Waals surface area contributed by atoms with Gasteiger partial charge in [-0.1, -0.05) is 0 Å². The Hall–Kier alpha value is -2.63. The summed E-state index contributed by atoms with van der Waals surface area (Å²) in [5.41, 5.74) is 6.77. The Morgan fingerprint density at radius 1 is 1.39 bits per heavy atom. The van der Waals surface area contributed by atoms with Crippen molar-refractivity contribution in [3.63, 3.8) is 0 Å². The van der Waals surface area contributed by atoms with E-state index in [9.17, 15) is 4.79 Å². The van der Waals surface area contributed by atoms with E-state index < -0.39 is 5.97 Å². The van der Waals surface area contributed by atoms with Gasteiger partial charge in [0.2, 0.25) is 0 Å². The lowest BCUT2D eigenvalue weighted by atomic mass is 10.2. The molecule has 2 aromatic rings. The zero-order valence-corrected chi connectivity index (χ0v) is 9.41. The maximum atomic E-state index is 10.7. The number of hydrogen-bond acceptors (Lipinski definition) is 5. The number of hydrogen-bond donors (Lipinski definition) is 2. The summed E-state index contributed by atoms with van der Waals surface area (Å²) in [5, 5.41) is 8.79. The van der Waals surface area contributed by atoms with Crippen LogP contribution in [0.3, 0.4) is 0 Å². The fourth-order valence-electron chi connectivity index (χ4n) is 1.37. The summed E-state index contributed by atoms with van der Waals surface area (Å²) in [4.78, 5) is 18.7. The van der Waals surface area contributed by atoms with Crippen LogP contribution < -0.4 is 10.5 Å². The van der Waals surface area contributed by atoms with Crippen LogP contribution in [0, 0.1) is 0 Å². The van der Waals surface area contributed by atoms with Gasteiger partial charge in [-0.15, -0.1) is 0 Å². The van der Waals surface area contributed by atoms with Gasteiger partial charge in [0.05, 0.1) is 23.1 Å². The second kappa shape index (κ2) is 5.13. The van der Waals surface area contributed by atoms with Crippen LogP contribution in [-0.2, 0) is 6.61 Å². The molecule has 0 spiro atoms. The minimum atomic E-state index is -1.03. The summed E-state index contributed by atoms with van der Waals surface area (Å²) in [7, 11) is 0. The van der Waals surface area contributed by atoms with Crippen molar-refractivity contribution in [1.82, 2.24) is 9.97 Å². The number of rotatable bonds is 4. The van der Waals surface area contributed by atoms with Crippen LogP contribution >= 0.6 is 0 Å². The van der Waals surface area contributed by atoms with Gasteiger partial charge in [-0.2, -0.15) is 0 Å². The standard InChI is InChI=1S/C12H11N3O3/c13-10-5-8(12(16)17)1-2-11(10)18-7-9-6-14-3-4-15-9/h1-6H,7,13H2,(H,16,17). The Morgan fingerprint density at radius 2 is 2.22 bits per heavy atom. The molecule has 1 aromatic heterocycles. The summed E-state index contributed by atoms with van der Waals surface area (Å²) in [6.07, 6.45) is 4.72. The van der Waals surface area contributed by atoms with Crippen molar-refractivity contribution in [2.24, 2.45) is 0 Å². The Kier molecular flexibility index (Phi) is 3.38. The minimum absolute atomic E-state index is 0.124. The van der Waals surface area contributed by atoms with E-state index in [1.54, 1.807) is 18.6 Å². The van der Waals surface area contributed by atoms with Crippen LogP contribution in [-0.4, -0.2) is 21.0 Å². The summed E-state index contributed by atoms with van der Waals surface area (Å²) in [6, 6.07) is 4.31. The Bertz CT molecular complexity index is 558. The van der Waals surface area contributed by atoms with Gasteiger partial charge in [0.25, 0.3) is 0 Å². The molecule has 6 nitrogen and oxygen atoms in total. The Balaban J connectivity index is 2.08. The highest BCUT2D eigenvalue weighted by atomic mass is 16.5. The molecule has 0 fully saturated rings. The maximum absolute atomic E-state index is 10.7. The van der Waals surface area contributed by atoms with Gasteiger partial charge in [0.1, 0.15) is 12.4 Å². The molecule has 0 saturated heterocycles. The predicted molar refractivity (Wildman–Crippen MR) is 64.2 cm³/mol. The average Bonchev–Trinajstić information content (AvgIpc) is 2.38. The molecule has 0 aliphatic rings. The topological polar surface area (TPSA) is 98.3 Å². The lowest BCUT2D eigenvalue weighted by molar-refractivity contribution is 0.0697. The molecule has 0 bridgehead atoms. The van der Waals surface area contributed by atoms with Crippen molar-refractivity contribution in [2.75, 3.05) is 5.73 Å². The number of ether oxygens (including phenoxy) is 1. The zero-order chi connectivity index (χ0) is 13.0. The largest absolute Gasteiger partial charge is 0.485 e. The molecule has 0 amide bonds. The van der Waals surface area contributed by atoms with Crippen LogP contribution in [0.25, 0.3) is 0 Å². The van der Waals surface area contributed by atoms with E-state index in [4.69, 9.17) is 15.6 Å². The first kappa shape index (κ1) is 11.8. The summed E-state index contributed by atoms with van der Waals surface area (Å²) in [5.74, 6) is -0.604. The monoisotopic (exact) mass is 245 g/mol. The number of anilines is 1. The SMILES string of the molecule is Nc1cc(C(=O)O)ccc1OCc1cnccn1. The minimum Gasteiger partial charge on any atom is -0.485 e. The van der Waals surface area contributed by atoms with E-state index >= 15 is 0 Å². The molecule has 0 atom stereocenters. The molecule has 1 heterocycles. The lowest BCUT2D eigenvalue weighted by Crippen LogP contribution is -2.03. The summed E-state index contributed by atoms with van der Waals surface area (Å²) < 4.78 is 5.44. The molecular formula is C12H11N3O3. The van der Waals surface area contributed by atoms with E-state index in [1.165, 1.54) is 18.2 Å². The first-order chi connectivity index (χ1) is 8.66.